The Hall–Kier alpha value is -3.02. The smallest absolute Gasteiger partial charge is 0.338 e. The largest absolute Gasteiger partial charge is 0.454 e. The molecular formula is C18H17NO5. The van der Waals surface area contributed by atoms with Gasteiger partial charge >= 0.3 is 5.97 Å². The molecule has 0 fully saturated rings. The van der Waals surface area contributed by atoms with Crippen LogP contribution in [0, 0.1) is 6.92 Å². The molecule has 0 atom stereocenters. The maximum atomic E-state index is 12.0. The predicted octanol–water partition coefficient (Wildman–Crippen LogP) is 2.20. The molecule has 3 rings (SSSR count). The molecule has 1 N–H and O–H groups in total. The summed E-state index contributed by atoms with van der Waals surface area (Å²) in [5.41, 5.74) is 2.42. The summed E-state index contributed by atoms with van der Waals surface area (Å²) in [7, 11) is 0. The van der Waals surface area contributed by atoms with Crippen molar-refractivity contribution >= 4 is 11.9 Å². The summed E-state index contributed by atoms with van der Waals surface area (Å²) >= 11 is 0. The molecule has 0 radical (unpaired) electrons. The Labute approximate surface area is 139 Å². The zero-order valence-corrected chi connectivity index (χ0v) is 13.2. The van der Waals surface area contributed by atoms with E-state index in [0.717, 1.165) is 11.1 Å². The van der Waals surface area contributed by atoms with Crippen molar-refractivity contribution in [1.29, 1.82) is 0 Å². The van der Waals surface area contributed by atoms with E-state index in [9.17, 15) is 9.59 Å². The monoisotopic (exact) mass is 327 g/mol. The highest BCUT2D eigenvalue weighted by molar-refractivity contribution is 5.92. The Kier molecular flexibility index (Phi) is 4.65. The highest BCUT2D eigenvalue weighted by Gasteiger charge is 2.17. The fraction of sp³-hybridized carbons (Fsp3) is 0.222. The number of nitrogens with one attached hydrogen (secondary N) is 1. The molecule has 2 aromatic rings. The minimum absolute atomic E-state index is 0.134. The number of hydrogen-bond acceptors (Lipinski definition) is 5. The van der Waals surface area contributed by atoms with E-state index in [0.29, 0.717) is 23.6 Å². The second kappa shape index (κ2) is 7.04. The molecule has 1 aliphatic rings. The van der Waals surface area contributed by atoms with E-state index in [1.807, 2.05) is 31.2 Å². The first-order valence-electron chi connectivity index (χ1n) is 7.51. The Morgan fingerprint density at radius 3 is 2.79 bits per heavy atom. The first kappa shape index (κ1) is 15.9. The number of amides is 1. The summed E-state index contributed by atoms with van der Waals surface area (Å²) in [6.45, 7) is 2.18. The van der Waals surface area contributed by atoms with Crippen molar-refractivity contribution in [3.05, 3.63) is 59.2 Å². The number of aryl methyl sites for hydroxylation is 1. The quantitative estimate of drug-likeness (QED) is 0.852. The molecule has 1 aliphatic heterocycles. The lowest BCUT2D eigenvalue weighted by Crippen LogP contribution is -2.28. The Morgan fingerprint density at radius 2 is 1.96 bits per heavy atom. The molecule has 24 heavy (non-hydrogen) atoms. The van der Waals surface area contributed by atoms with Gasteiger partial charge in [-0.2, -0.15) is 0 Å². The number of rotatable bonds is 5. The molecule has 6 heteroatoms. The van der Waals surface area contributed by atoms with Crippen LogP contribution in [-0.2, 0) is 16.1 Å². The van der Waals surface area contributed by atoms with Crippen LogP contribution in [0.4, 0.5) is 0 Å². The number of carbonyl (C=O) groups is 2. The normalized spacial score (nSPS) is 11.9. The molecule has 0 saturated heterocycles. The molecule has 0 spiro atoms. The molecule has 1 heterocycles. The zero-order chi connectivity index (χ0) is 16.9. The van der Waals surface area contributed by atoms with Crippen LogP contribution in [-0.4, -0.2) is 25.3 Å². The van der Waals surface area contributed by atoms with Gasteiger partial charge in [0.15, 0.2) is 18.1 Å². The van der Waals surface area contributed by atoms with Gasteiger partial charge in [-0.3, -0.25) is 4.79 Å². The summed E-state index contributed by atoms with van der Waals surface area (Å²) in [4.78, 5) is 23.8. The van der Waals surface area contributed by atoms with Gasteiger partial charge in [-0.15, -0.1) is 0 Å². The topological polar surface area (TPSA) is 73.9 Å². The highest BCUT2D eigenvalue weighted by atomic mass is 16.7. The summed E-state index contributed by atoms with van der Waals surface area (Å²) in [6, 6.07) is 12.6. The molecule has 2 aromatic carbocycles. The molecular weight excluding hydrogens is 310 g/mol. The maximum Gasteiger partial charge on any atom is 0.338 e. The molecule has 0 aromatic heterocycles. The highest BCUT2D eigenvalue weighted by Crippen LogP contribution is 2.32. The van der Waals surface area contributed by atoms with Gasteiger partial charge in [0, 0.05) is 6.54 Å². The van der Waals surface area contributed by atoms with Crippen molar-refractivity contribution in [1.82, 2.24) is 5.32 Å². The van der Waals surface area contributed by atoms with E-state index in [-0.39, 0.29) is 19.3 Å². The third-order valence-electron chi connectivity index (χ3n) is 3.51. The number of fused-ring (bicyclic) bond motifs is 1. The Balaban J connectivity index is 1.48. The van der Waals surface area contributed by atoms with Crippen LogP contribution in [0.3, 0.4) is 0 Å². The molecule has 0 aliphatic carbocycles. The summed E-state index contributed by atoms with van der Waals surface area (Å²) in [6.07, 6.45) is 0. The van der Waals surface area contributed by atoms with E-state index < -0.39 is 5.97 Å². The molecule has 1 amide bonds. The first-order valence-corrected chi connectivity index (χ1v) is 7.51. The lowest BCUT2D eigenvalue weighted by molar-refractivity contribution is -0.124. The first-order chi connectivity index (χ1) is 11.6. The van der Waals surface area contributed by atoms with Crippen LogP contribution in [0.25, 0.3) is 0 Å². The van der Waals surface area contributed by atoms with Gasteiger partial charge in [0.2, 0.25) is 6.79 Å². The van der Waals surface area contributed by atoms with E-state index >= 15 is 0 Å². The number of esters is 1. The standard InChI is InChI=1S/C18H17NO5/c1-12-3-2-4-13(7-12)9-19-17(20)10-22-18(21)14-5-6-15-16(8-14)24-11-23-15/h2-8H,9-11H2,1H3,(H,19,20). The molecule has 124 valence electrons. The SMILES string of the molecule is Cc1cccc(CNC(=O)COC(=O)c2ccc3c(c2)OCO3)c1. The van der Waals surface area contributed by atoms with Gasteiger partial charge in [0.25, 0.3) is 5.91 Å². The fourth-order valence-electron chi connectivity index (χ4n) is 2.31. The van der Waals surface area contributed by atoms with Crippen LogP contribution in [0.2, 0.25) is 0 Å². The van der Waals surface area contributed by atoms with E-state index in [2.05, 4.69) is 5.32 Å². The van der Waals surface area contributed by atoms with Crippen molar-refractivity contribution in [3.63, 3.8) is 0 Å². The third kappa shape index (κ3) is 3.84. The number of benzene rings is 2. The second-order valence-corrected chi connectivity index (χ2v) is 5.41. The molecule has 6 nitrogen and oxygen atoms in total. The van der Waals surface area contributed by atoms with E-state index in [1.165, 1.54) is 6.07 Å². The third-order valence-corrected chi connectivity index (χ3v) is 3.51. The van der Waals surface area contributed by atoms with Crippen LogP contribution >= 0.6 is 0 Å². The van der Waals surface area contributed by atoms with Crippen molar-refractivity contribution in [2.75, 3.05) is 13.4 Å². The summed E-state index contributed by atoms with van der Waals surface area (Å²) < 4.78 is 15.4. The molecule has 0 unspecified atom stereocenters. The average molecular weight is 327 g/mol. The maximum absolute atomic E-state index is 12.0. The van der Waals surface area contributed by atoms with E-state index in [1.54, 1.807) is 12.1 Å². The predicted molar refractivity (Wildman–Crippen MR) is 85.9 cm³/mol. The van der Waals surface area contributed by atoms with Crippen LogP contribution in [0.1, 0.15) is 21.5 Å². The van der Waals surface area contributed by atoms with Crippen molar-refractivity contribution in [3.8, 4) is 11.5 Å². The van der Waals surface area contributed by atoms with Crippen LogP contribution in [0.15, 0.2) is 42.5 Å². The summed E-state index contributed by atoms with van der Waals surface area (Å²) in [5.74, 6) is 0.139. The van der Waals surface area contributed by atoms with Gasteiger partial charge in [-0.1, -0.05) is 29.8 Å². The minimum atomic E-state index is -0.584. The molecule has 0 bridgehead atoms. The number of carbonyl (C=O) groups excluding carboxylic acids is 2. The van der Waals surface area contributed by atoms with Gasteiger partial charge in [0.1, 0.15) is 0 Å². The Bertz CT molecular complexity index is 772. The van der Waals surface area contributed by atoms with Gasteiger partial charge in [0.05, 0.1) is 5.56 Å². The summed E-state index contributed by atoms with van der Waals surface area (Å²) in [5, 5.41) is 2.71. The van der Waals surface area contributed by atoms with Gasteiger partial charge in [-0.25, -0.2) is 4.79 Å². The number of hydrogen-bond donors (Lipinski definition) is 1. The van der Waals surface area contributed by atoms with Gasteiger partial charge < -0.3 is 19.5 Å². The minimum Gasteiger partial charge on any atom is -0.454 e. The number of ether oxygens (including phenoxy) is 3. The van der Waals surface area contributed by atoms with E-state index in [4.69, 9.17) is 14.2 Å². The molecule has 0 saturated carbocycles. The second-order valence-electron chi connectivity index (χ2n) is 5.41. The lowest BCUT2D eigenvalue weighted by Gasteiger charge is -2.07. The Morgan fingerprint density at radius 1 is 1.12 bits per heavy atom. The fourth-order valence-corrected chi connectivity index (χ4v) is 2.31. The average Bonchev–Trinajstić information content (AvgIpc) is 3.05. The van der Waals surface area contributed by atoms with Gasteiger partial charge in [-0.05, 0) is 30.7 Å². The lowest BCUT2D eigenvalue weighted by atomic mass is 10.1. The van der Waals surface area contributed by atoms with Crippen molar-refractivity contribution in [2.45, 2.75) is 13.5 Å². The van der Waals surface area contributed by atoms with Crippen molar-refractivity contribution < 1.29 is 23.8 Å². The van der Waals surface area contributed by atoms with Crippen molar-refractivity contribution in [2.24, 2.45) is 0 Å². The van der Waals surface area contributed by atoms with Crippen LogP contribution < -0.4 is 14.8 Å². The zero-order valence-electron chi connectivity index (χ0n) is 13.2. The van der Waals surface area contributed by atoms with Crippen LogP contribution in [0.5, 0.6) is 11.5 Å².